The van der Waals surface area contributed by atoms with Gasteiger partial charge in [0.15, 0.2) is 11.5 Å². The number of imide groups is 1. The van der Waals surface area contributed by atoms with Gasteiger partial charge < -0.3 is 9.47 Å². The topological polar surface area (TPSA) is 102 Å². The summed E-state index contributed by atoms with van der Waals surface area (Å²) in [5.41, 5.74) is 1.22. The molecule has 1 saturated heterocycles. The minimum atomic E-state index is -3.88. The third kappa shape index (κ3) is 3.65. The third-order valence-corrected chi connectivity index (χ3v) is 5.79. The summed E-state index contributed by atoms with van der Waals surface area (Å²) in [4.78, 5) is 25.0. The molecule has 0 radical (unpaired) electrons. The molecule has 0 unspecified atom stereocenters. The van der Waals surface area contributed by atoms with Crippen molar-refractivity contribution in [2.24, 2.45) is 0 Å². The summed E-state index contributed by atoms with van der Waals surface area (Å²) >= 11 is 0. The van der Waals surface area contributed by atoms with Crippen molar-refractivity contribution < 1.29 is 27.5 Å². The number of nitrogens with zero attached hydrogens (tertiary/aromatic N) is 1. The number of carbonyl (C=O) groups is 2. The van der Waals surface area contributed by atoms with Gasteiger partial charge in [0.25, 0.3) is 10.0 Å². The third-order valence-electron chi connectivity index (χ3n) is 4.41. The molecule has 1 aliphatic rings. The summed E-state index contributed by atoms with van der Waals surface area (Å²) in [6.07, 6.45) is 0.332. The van der Waals surface area contributed by atoms with Gasteiger partial charge in [-0.05, 0) is 42.8 Å². The van der Waals surface area contributed by atoms with Crippen LogP contribution in [-0.4, -0.2) is 34.5 Å². The van der Waals surface area contributed by atoms with Gasteiger partial charge >= 0.3 is 0 Å². The molecule has 8 nitrogen and oxygen atoms in total. The molecule has 0 bridgehead atoms. The standard InChI is InChI=1S/C19H20N2O6S/c1-12-10-14(5-6-15(12)21-18(22)8-9-19(21)23)28(24,25)20-13-4-7-16(26-2)17(11-13)27-3/h4-7,10-11,20H,8-9H2,1-3H3. The molecule has 1 N–H and O–H groups in total. The molecule has 2 amide bonds. The van der Waals surface area contributed by atoms with Crippen molar-refractivity contribution in [2.45, 2.75) is 24.7 Å². The summed E-state index contributed by atoms with van der Waals surface area (Å²) in [6.45, 7) is 1.66. The molecular formula is C19H20N2O6S. The van der Waals surface area contributed by atoms with E-state index in [2.05, 4.69) is 4.72 Å². The minimum absolute atomic E-state index is 0.0163. The zero-order valence-corrected chi connectivity index (χ0v) is 16.5. The number of sulfonamides is 1. The van der Waals surface area contributed by atoms with Crippen LogP contribution in [0.4, 0.5) is 11.4 Å². The van der Waals surface area contributed by atoms with Crippen LogP contribution in [0, 0.1) is 6.92 Å². The van der Waals surface area contributed by atoms with Crippen LogP contribution in [0.15, 0.2) is 41.3 Å². The summed E-state index contributed by atoms with van der Waals surface area (Å²) in [5.74, 6) is 0.296. The maximum Gasteiger partial charge on any atom is 0.261 e. The second-order valence-corrected chi connectivity index (χ2v) is 7.93. The summed E-state index contributed by atoms with van der Waals surface area (Å²) in [6, 6.07) is 8.93. The fourth-order valence-electron chi connectivity index (χ4n) is 3.01. The van der Waals surface area contributed by atoms with Gasteiger partial charge in [-0.25, -0.2) is 8.42 Å². The van der Waals surface area contributed by atoms with Crippen molar-refractivity contribution in [3.05, 3.63) is 42.0 Å². The van der Waals surface area contributed by atoms with Gasteiger partial charge in [0, 0.05) is 18.9 Å². The van der Waals surface area contributed by atoms with Gasteiger partial charge in [0.2, 0.25) is 11.8 Å². The van der Waals surface area contributed by atoms with Crippen LogP contribution in [0.3, 0.4) is 0 Å². The van der Waals surface area contributed by atoms with Gasteiger partial charge in [-0.15, -0.1) is 0 Å². The number of carbonyl (C=O) groups excluding carboxylic acids is 2. The highest BCUT2D eigenvalue weighted by atomic mass is 32.2. The molecule has 2 aromatic carbocycles. The Morgan fingerprint density at radius 2 is 1.57 bits per heavy atom. The largest absolute Gasteiger partial charge is 0.493 e. The van der Waals surface area contributed by atoms with E-state index in [4.69, 9.17) is 9.47 Å². The highest BCUT2D eigenvalue weighted by Crippen LogP contribution is 2.32. The monoisotopic (exact) mass is 404 g/mol. The van der Waals surface area contributed by atoms with Crippen LogP contribution < -0.4 is 19.1 Å². The number of nitrogens with one attached hydrogen (secondary N) is 1. The molecule has 0 atom stereocenters. The van der Waals surface area contributed by atoms with Crippen LogP contribution in [0.1, 0.15) is 18.4 Å². The fourth-order valence-corrected chi connectivity index (χ4v) is 4.14. The fraction of sp³-hybridized carbons (Fsp3) is 0.263. The number of ether oxygens (including phenoxy) is 2. The lowest BCUT2D eigenvalue weighted by atomic mass is 10.2. The number of aryl methyl sites for hydroxylation is 1. The lowest BCUT2D eigenvalue weighted by molar-refractivity contribution is -0.121. The SMILES string of the molecule is COc1ccc(NS(=O)(=O)c2ccc(N3C(=O)CCC3=O)c(C)c2)cc1OC. The van der Waals surface area contributed by atoms with Crippen LogP contribution in [0.5, 0.6) is 11.5 Å². The first-order valence-corrected chi connectivity index (χ1v) is 9.96. The maximum absolute atomic E-state index is 12.7. The zero-order valence-electron chi connectivity index (χ0n) is 15.7. The number of hydrogen-bond donors (Lipinski definition) is 1. The molecule has 148 valence electrons. The molecule has 2 aromatic rings. The molecule has 0 saturated carbocycles. The van der Waals surface area contributed by atoms with Gasteiger partial charge in [-0.3, -0.25) is 19.2 Å². The van der Waals surface area contributed by atoms with E-state index in [1.54, 1.807) is 19.1 Å². The normalized spacial score (nSPS) is 14.3. The van der Waals surface area contributed by atoms with Crippen LogP contribution >= 0.6 is 0 Å². The Morgan fingerprint density at radius 1 is 0.929 bits per heavy atom. The van der Waals surface area contributed by atoms with Gasteiger partial charge in [0.1, 0.15) is 0 Å². The Morgan fingerprint density at radius 3 is 2.14 bits per heavy atom. The summed E-state index contributed by atoms with van der Waals surface area (Å²) in [7, 11) is -0.937. The number of methoxy groups -OCH3 is 2. The minimum Gasteiger partial charge on any atom is -0.493 e. The summed E-state index contributed by atoms with van der Waals surface area (Å²) < 4.78 is 38.3. The second kappa shape index (κ2) is 7.51. The Hall–Kier alpha value is -3.07. The highest BCUT2D eigenvalue weighted by Gasteiger charge is 2.31. The van der Waals surface area contributed by atoms with Crippen molar-refractivity contribution in [3.8, 4) is 11.5 Å². The van der Waals surface area contributed by atoms with Crippen LogP contribution in [-0.2, 0) is 19.6 Å². The lowest BCUT2D eigenvalue weighted by Gasteiger charge is -2.18. The quantitative estimate of drug-likeness (QED) is 0.742. The maximum atomic E-state index is 12.7. The molecule has 9 heteroatoms. The van der Waals surface area contributed by atoms with E-state index in [1.807, 2.05) is 0 Å². The van der Waals surface area contributed by atoms with Crippen molar-refractivity contribution in [1.29, 1.82) is 0 Å². The smallest absolute Gasteiger partial charge is 0.261 e. The van der Waals surface area contributed by atoms with E-state index < -0.39 is 10.0 Å². The Labute approximate surface area is 163 Å². The van der Waals surface area contributed by atoms with Crippen molar-refractivity contribution in [1.82, 2.24) is 0 Å². The molecule has 1 heterocycles. The number of rotatable bonds is 6. The number of benzene rings is 2. The van der Waals surface area contributed by atoms with Gasteiger partial charge in [-0.2, -0.15) is 0 Å². The Kier molecular flexibility index (Phi) is 5.28. The van der Waals surface area contributed by atoms with E-state index in [1.165, 1.54) is 38.5 Å². The number of hydrogen-bond acceptors (Lipinski definition) is 6. The molecule has 28 heavy (non-hydrogen) atoms. The second-order valence-electron chi connectivity index (χ2n) is 6.25. The summed E-state index contributed by atoms with van der Waals surface area (Å²) in [5, 5.41) is 0. The molecule has 0 aliphatic carbocycles. The molecule has 1 fully saturated rings. The lowest BCUT2D eigenvalue weighted by Crippen LogP contribution is -2.29. The number of anilines is 2. The van der Waals surface area contributed by atoms with Crippen molar-refractivity contribution in [3.63, 3.8) is 0 Å². The van der Waals surface area contributed by atoms with E-state index in [0.717, 1.165) is 4.90 Å². The highest BCUT2D eigenvalue weighted by molar-refractivity contribution is 7.92. The molecule has 3 rings (SSSR count). The predicted molar refractivity (Wildman–Crippen MR) is 103 cm³/mol. The number of amides is 2. The average molecular weight is 404 g/mol. The Balaban J connectivity index is 1.89. The van der Waals surface area contributed by atoms with E-state index >= 15 is 0 Å². The van der Waals surface area contributed by atoms with E-state index in [-0.39, 0.29) is 29.6 Å². The van der Waals surface area contributed by atoms with Gasteiger partial charge in [-0.1, -0.05) is 0 Å². The van der Waals surface area contributed by atoms with Crippen LogP contribution in [0.2, 0.25) is 0 Å². The first-order valence-electron chi connectivity index (χ1n) is 8.48. The molecule has 0 aromatic heterocycles. The van der Waals surface area contributed by atoms with Crippen molar-refractivity contribution >= 4 is 33.2 Å². The first-order chi connectivity index (χ1) is 13.3. The molecular weight excluding hydrogens is 384 g/mol. The molecule has 0 spiro atoms. The Bertz CT molecular complexity index is 1030. The van der Waals surface area contributed by atoms with E-state index in [9.17, 15) is 18.0 Å². The zero-order chi connectivity index (χ0) is 20.5. The average Bonchev–Trinajstić information content (AvgIpc) is 2.99. The van der Waals surface area contributed by atoms with Crippen molar-refractivity contribution in [2.75, 3.05) is 23.8 Å². The van der Waals surface area contributed by atoms with E-state index in [0.29, 0.717) is 28.4 Å². The van der Waals surface area contributed by atoms with Crippen LogP contribution in [0.25, 0.3) is 0 Å². The van der Waals surface area contributed by atoms with Gasteiger partial charge in [0.05, 0.1) is 30.5 Å². The predicted octanol–water partition coefficient (Wildman–Crippen LogP) is 2.47. The first kappa shape index (κ1) is 19.7. The molecule has 1 aliphatic heterocycles.